The molecule has 0 fully saturated rings. The van der Waals surface area contributed by atoms with Crippen LogP contribution in [0.5, 0.6) is 0 Å². The summed E-state index contributed by atoms with van der Waals surface area (Å²) in [4.78, 5) is 4.34. The van der Waals surface area contributed by atoms with E-state index in [0.717, 1.165) is 24.5 Å². The molecule has 0 radical (unpaired) electrons. The van der Waals surface area contributed by atoms with Gasteiger partial charge in [-0.2, -0.15) is 4.98 Å². The van der Waals surface area contributed by atoms with Gasteiger partial charge in [-0.05, 0) is 31.5 Å². The quantitative estimate of drug-likeness (QED) is 0.921. The molecule has 2 aromatic rings. The van der Waals surface area contributed by atoms with Gasteiger partial charge in [-0.3, -0.25) is 0 Å². The number of aromatic nitrogens is 3. The molecule has 0 aliphatic heterocycles. The van der Waals surface area contributed by atoms with Gasteiger partial charge in [0, 0.05) is 11.6 Å². The molecule has 0 aliphatic carbocycles. The van der Waals surface area contributed by atoms with E-state index in [9.17, 15) is 0 Å². The number of nitrogens with zero attached hydrogens (tertiary/aromatic N) is 3. The number of hydrogen-bond donors (Lipinski definition) is 1. The maximum Gasteiger partial charge on any atom is 0.242 e. The molecule has 0 aliphatic rings. The summed E-state index contributed by atoms with van der Waals surface area (Å²) in [7, 11) is 0. The number of benzene rings is 1. The second kappa shape index (κ2) is 6.98. The van der Waals surface area contributed by atoms with E-state index >= 15 is 0 Å². The van der Waals surface area contributed by atoms with E-state index in [-0.39, 0.29) is 12.4 Å². The van der Waals surface area contributed by atoms with Gasteiger partial charge in [-0.25, -0.2) is 4.68 Å². The van der Waals surface area contributed by atoms with Crippen molar-refractivity contribution in [2.45, 2.75) is 20.3 Å². The normalized spacial score (nSPS) is 10.1. The second-order valence-corrected chi connectivity index (χ2v) is 4.76. The van der Waals surface area contributed by atoms with Crippen molar-refractivity contribution < 1.29 is 0 Å². The molecule has 0 unspecified atom stereocenters. The molecule has 1 N–H and O–H groups in total. The standard InChI is InChI=1S/C12H14Cl2N4.ClH/c1-3-6-15-12-16-8(2)18(17-12)11-5-4-9(13)7-10(11)14;/h4-5,7H,3,6H2,1-2H3,(H,15,17);1H. The smallest absolute Gasteiger partial charge is 0.242 e. The molecular weight excluding hydrogens is 307 g/mol. The maximum absolute atomic E-state index is 6.16. The molecule has 1 heterocycles. The Kier molecular flexibility index (Phi) is 5.91. The predicted molar refractivity (Wildman–Crippen MR) is 82.1 cm³/mol. The molecule has 0 saturated carbocycles. The molecule has 0 spiro atoms. The van der Waals surface area contributed by atoms with E-state index < -0.39 is 0 Å². The largest absolute Gasteiger partial charge is 0.353 e. The number of halogens is 3. The Morgan fingerprint density at radius 1 is 1.32 bits per heavy atom. The van der Waals surface area contributed by atoms with E-state index in [2.05, 4.69) is 22.3 Å². The zero-order chi connectivity index (χ0) is 13.1. The molecule has 1 aromatic carbocycles. The van der Waals surface area contributed by atoms with Crippen LogP contribution in [0.4, 0.5) is 5.95 Å². The number of hydrogen-bond acceptors (Lipinski definition) is 3. The van der Waals surface area contributed by atoms with Crippen molar-refractivity contribution in [3.63, 3.8) is 0 Å². The van der Waals surface area contributed by atoms with Crippen LogP contribution in [0.1, 0.15) is 19.2 Å². The van der Waals surface area contributed by atoms with Crippen LogP contribution in [0.25, 0.3) is 5.69 Å². The summed E-state index contributed by atoms with van der Waals surface area (Å²) in [6.07, 6.45) is 1.02. The SMILES string of the molecule is CCCNc1nc(C)n(-c2ccc(Cl)cc2Cl)n1.Cl. The van der Waals surface area contributed by atoms with E-state index in [4.69, 9.17) is 23.2 Å². The number of rotatable bonds is 4. The third-order valence-electron chi connectivity index (χ3n) is 2.44. The van der Waals surface area contributed by atoms with Crippen molar-refractivity contribution in [2.24, 2.45) is 0 Å². The number of nitrogens with one attached hydrogen (secondary N) is 1. The lowest BCUT2D eigenvalue weighted by molar-refractivity contribution is 0.838. The molecular formula is C12H15Cl3N4. The van der Waals surface area contributed by atoms with Crippen LogP contribution in [-0.4, -0.2) is 21.3 Å². The Morgan fingerprint density at radius 2 is 2.05 bits per heavy atom. The summed E-state index contributed by atoms with van der Waals surface area (Å²) in [5.74, 6) is 1.39. The highest BCUT2D eigenvalue weighted by Gasteiger charge is 2.10. The Morgan fingerprint density at radius 3 is 2.68 bits per heavy atom. The third-order valence-corrected chi connectivity index (χ3v) is 2.98. The fourth-order valence-corrected chi connectivity index (χ4v) is 2.07. The highest BCUT2D eigenvalue weighted by atomic mass is 35.5. The van der Waals surface area contributed by atoms with Gasteiger partial charge in [0.1, 0.15) is 5.82 Å². The lowest BCUT2D eigenvalue weighted by Crippen LogP contribution is -2.03. The van der Waals surface area contributed by atoms with Gasteiger partial charge in [0.15, 0.2) is 0 Å². The minimum absolute atomic E-state index is 0. The zero-order valence-electron chi connectivity index (χ0n) is 10.7. The van der Waals surface area contributed by atoms with Gasteiger partial charge >= 0.3 is 0 Å². The van der Waals surface area contributed by atoms with E-state index in [0.29, 0.717) is 16.0 Å². The summed E-state index contributed by atoms with van der Waals surface area (Å²) < 4.78 is 1.71. The monoisotopic (exact) mass is 320 g/mol. The van der Waals surface area contributed by atoms with Gasteiger partial charge in [0.25, 0.3) is 0 Å². The van der Waals surface area contributed by atoms with Gasteiger partial charge in [-0.15, -0.1) is 17.5 Å². The lowest BCUT2D eigenvalue weighted by atomic mass is 10.3. The average molecular weight is 322 g/mol. The highest BCUT2D eigenvalue weighted by Crippen LogP contribution is 2.25. The van der Waals surface area contributed by atoms with Crippen LogP contribution < -0.4 is 5.32 Å². The van der Waals surface area contributed by atoms with Crippen LogP contribution >= 0.6 is 35.6 Å². The van der Waals surface area contributed by atoms with Crippen molar-refractivity contribution in [3.8, 4) is 5.69 Å². The predicted octanol–water partition coefficient (Wildman–Crippen LogP) is 4.13. The summed E-state index contributed by atoms with van der Waals surface area (Å²) in [5, 5.41) is 8.67. The van der Waals surface area contributed by atoms with E-state index in [1.54, 1.807) is 16.8 Å². The van der Waals surface area contributed by atoms with Crippen molar-refractivity contribution in [2.75, 3.05) is 11.9 Å². The van der Waals surface area contributed by atoms with Crippen molar-refractivity contribution in [1.29, 1.82) is 0 Å². The van der Waals surface area contributed by atoms with Gasteiger partial charge in [-0.1, -0.05) is 30.1 Å². The van der Waals surface area contributed by atoms with Crippen LogP contribution in [-0.2, 0) is 0 Å². The topological polar surface area (TPSA) is 42.7 Å². The maximum atomic E-state index is 6.16. The number of anilines is 1. The van der Waals surface area contributed by atoms with Crippen LogP contribution in [0.3, 0.4) is 0 Å². The lowest BCUT2D eigenvalue weighted by Gasteiger charge is -2.05. The molecule has 0 saturated heterocycles. The first-order valence-corrected chi connectivity index (χ1v) is 6.50. The molecule has 0 amide bonds. The molecule has 0 atom stereocenters. The van der Waals surface area contributed by atoms with Crippen molar-refractivity contribution >= 4 is 41.6 Å². The first-order chi connectivity index (χ1) is 8.61. The first kappa shape index (κ1) is 16.1. The third kappa shape index (κ3) is 3.75. The van der Waals surface area contributed by atoms with Gasteiger partial charge < -0.3 is 5.32 Å². The van der Waals surface area contributed by atoms with Crippen molar-refractivity contribution in [1.82, 2.24) is 14.8 Å². The van der Waals surface area contributed by atoms with Crippen molar-refractivity contribution in [3.05, 3.63) is 34.1 Å². The average Bonchev–Trinajstić information content (AvgIpc) is 2.68. The Bertz CT molecular complexity index is 554. The first-order valence-electron chi connectivity index (χ1n) is 5.74. The van der Waals surface area contributed by atoms with E-state index in [1.165, 1.54) is 0 Å². The van der Waals surface area contributed by atoms with Crippen LogP contribution in [0, 0.1) is 6.92 Å². The van der Waals surface area contributed by atoms with Crippen LogP contribution in [0.15, 0.2) is 18.2 Å². The fourth-order valence-electron chi connectivity index (χ4n) is 1.58. The Labute approximate surface area is 128 Å². The molecule has 0 bridgehead atoms. The molecule has 104 valence electrons. The minimum Gasteiger partial charge on any atom is -0.353 e. The fraction of sp³-hybridized carbons (Fsp3) is 0.333. The second-order valence-electron chi connectivity index (χ2n) is 3.92. The Hall–Kier alpha value is -0.970. The zero-order valence-corrected chi connectivity index (χ0v) is 13.0. The van der Waals surface area contributed by atoms with Crippen LogP contribution in [0.2, 0.25) is 10.0 Å². The summed E-state index contributed by atoms with van der Waals surface area (Å²) in [5.41, 5.74) is 0.774. The van der Waals surface area contributed by atoms with Gasteiger partial charge in [0.2, 0.25) is 5.95 Å². The van der Waals surface area contributed by atoms with E-state index in [1.807, 2.05) is 13.0 Å². The van der Waals surface area contributed by atoms with Gasteiger partial charge in [0.05, 0.1) is 10.7 Å². The highest BCUT2D eigenvalue weighted by molar-refractivity contribution is 6.35. The molecule has 7 heteroatoms. The molecule has 19 heavy (non-hydrogen) atoms. The molecule has 4 nitrogen and oxygen atoms in total. The molecule has 1 aromatic heterocycles. The summed E-state index contributed by atoms with van der Waals surface area (Å²) in [6, 6.07) is 5.30. The minimum atomic E-state index is 0. The summed E-state index contributed by atoms with van der Waals surface area (Å²) in [6.45, 7) is 4.82. The summed E-state index contributed by atoms with van der Waals surface area (Å²) >= 11 is 12.0. The molecule has 2 rings (SSSR count). The number of aryl methyl sites for hydroxylation is 1. The Balaban J connectivity index is 0.00000180.